The molecule has 0 aliphatic heterocycles. The lowest BCUT2D eigenvalue weighted by molar-refractivity contribution is 1.29. The summed E-state index contributed by atoms with van der Waals surface area (Å²) in [6.07, 6.45) is 1.75. The van der Waals surface area contributed by atoms with Gasteiger partial charge in [0, 0.05) is 11.8 Å². The molecule has 2 rings (SSSR count). The van der Waals surface area contributed by atoms with Gasteiger partial charge >= 0.3 is 0 Å². The van der Waals surface area contributed by atoms with Crippen molar-refractivity contribution in [3.05, 3.63) is 65.5 Å². The van der Waals surface area contributed by atoms with Crippen LogP contribution in [-0.2, 0) is 0 Å². The van der Waals surface area contributed by atoms with Crippen molar-refractivity contribution in [2.24, 2.45) is 0 Å². The maximum atomic E-state index is 4.14. The van der Waals surface area contributed by atoms with E-state index in [2.05, 4.69) is 35.9 Å². The molecule has 0 aliphatic carbocycles. The van der Waals surface area contributed by atoms with Crippen molar-refractivity contribution in [1.29, 1.82) is 0 Å². The van der Waals surface area contributed by atoms with Crippen LogP contribution in [0.5, 0.6) is 0 Å². The first-order valence-electron chi connectivity index (χ1n) is 4.84. The third-order valence-corrected chi connectivity index (χ3v) is 2.02. The summed E-state index contributed by atoms with van der Waals surface area (Å²) >= 11 is 0. The Balaban J connectivity index is 2.26. The standard InChI is InChI=1S/C14H11N/c1-12-5-4-6-13(11-12)8-9-14-7-2-3-10-15-14/h2-7,10-11H,1H3. The molecule has 1 aromatic heterocycles. The van der Waals surface area contributed by atoms with Gasteiger partial charge in [0.05, 0.1) is 0 Å². The van der Waals surface area contributed by atoms with Gasteiger partial charge in [-0.1, -0.05) is 24.1 Å². The van der Waals surface area contributed by atoms with Crippen LogP contribution in [0.2, 0.25) is 0 Å². The van der Waals surface area contributed by atoms with Gasteiger partial charge < -0.3 is 0 Å². The predicted molar refractivity (Wildman–Crippen MR) is 61.4 cm³/mol. The molecule has 0 amide bonds. The van der Waals surface area contributed by atoms with E-state index < -0.39 is 0 Å². The van der Waals surface area contributed by atoms with E-state index in [1.165, 1.54) is 5.56 Å². The van der Waals surface area contributed by atoms with Crippen LogP contribution < -0.4 is 0 Å². The van der Waals surface area contributed by atoms with Gasteiger partial charge in [0.1, 0.15) is 5.69 Å². The number of pyridine rings is 1. The first-order valence-corrected chi connectivity index (χ1v) is 4.84. The minimum Gasteiger partial charge on any atom is -0.248 e. The maximum Gasteiger partial charge on any atom is 0.113 e. The van der Waals surface area contributed by atoms with Gasteiger partial charge in [0.25, 0.3) is 0 Å². The molecule has 0 unspecified atom stereocenters. The van der Waals surface area contributed by atoms with E-state index in [1.807, 2.05) is 30.3 Å². The Morgan fingerprint density at radius 2 is 1.93 bits per heavy atom. The highest BCUT2D eigenvalue weighted by Crippen LogP contribution is 2.02. The summed E-state index contributed by atoms with van der Waals surface area (Å²) in [5.74, 6) is 6.12. The highest BCUT2D eigenvalue weighted by molar-refractivity contribution is 5.41. The smallest absolute Gasteiger partial charge is 0.113 e. The van der Waals surface area contributed by atoms with Crippen LogP contribution in [0.1, 0.15) is 16.8 Å². The molecule has 0 atom stereocenters. The predicted octanol–water partition coefficient (Wildman–Crippen LogP) is 2.79. The number of rotatable bonds is 0. The molecule has 0 saturated carbocycles. The van der Waals surface area contributed by atoms with Crippen LogP contribution in [-0.4, -0.2) is 4.98 Å². The average Bonchev–Trinajstić information content (AvgIpc) is 2.28. The number of hydrogen-bond donors (Lipinski definition) is 0. The second-order valence-electron chi connectivity index (χ2n) is 3.33. The van der Waals surface area contributed by atoms with Crippen molar-refractivity contribution in [1.82, 2.24) is 4.98 Å². The molecule has 15 heavy (non-hydrogen) atoms. The van der Waals surface area contributed by atoms with Crippen molar-refractivity contribution in [3.8, 4) is 11.8 Å². The van der Waals surface area contributed by atoms with Gasteiger partial charge in [-0.05, 0) is 42.7 Å². The fourth-order valence-electron chi connectivity index (χ4n) is 1.30. The van der Waals surface area contributed by atoms with E-state index in [0.717, 1.165) is 11.3 Å². The van der Waals surface area contributed by atoms with Crippen molar-refractivity contribution in [3.63, 3.8) is 0 Å². The quantitative estimate of drug-likeness (QED) is 0.586. The summed E-state index contributed by atoms with van der Waals surface area (Å²) in [6.45, 7) is 2.06. The van der Waals surface area contributed by atoms with E-state index in [9.17, 15) is 0 Å². The lowest BCUT2D eigenvalue weighted by Gasteiger charge is -1.92. The molecular formula is C14H11N. The van der Waals surface area contributed by atoms with Gasteiger partial charge in [-0.15, -0.1) is 0 Å². The summed E-state index contributed by atoms with van der Waals surface area (Å²) in [5, 5.41) is 0. The molecule has 0 spiro atoms. The van der Waals surface area contributed by atoms with Crippen LogP contribution in [0.25, 0.3) is 0 Å². The monoisotopic (exact) mass is 193 g/mol. The largest absolute Gasteiger partial charge is 0.248 e. The Hall–Kier alpha value is -2.07. The number of aryl methyl sites for hydroxylation is 1. The summed E-state index contributed by atoms with van der Waals surface area (Å²) in [5.41, 5.74) is 3.06. The zero-order valence-corrected chi connectivity index (χ0v) is 8.57. The minimum absolute atomic E-state index is 0.805. The van der Waals surface area contributed by atoms with E-state index in [0.29, 0.717) is 0 Å². The van der Waals surface area contributed by atoms with Gasteiger partial charge in [-0.25, -0.2) is 4.98 Å². The van der Waals surface area contributed by atoms with Gasteiger partial charge in [0.2, 0.25) is 0 Å². The SMILES string of the molecule is Cc1cccc(C#Cc2ccccn2)c1. The minimum atomic E-state index is 0.805. The number of benzene rings is 1. The fraction of sp³-hybridized carbons (Fsp3) is 0.0714. The Kier molecular flexibility index (Phi) is 2.80. The number of nitrogens with zero attached hydrogens (tertiary/aromatic N) is 1. The highest BCUT2D eigenvalue weighted by Gasteiger charge is 1.87. The molecule has 2 aromatic rings. The van der Waals surface area contributed by atoms with Crippen LogP contribution in [0.15, 0.2) is 48.7 Å². The summed E-state index contributed by atoms with van der Waals surface area (Å²) in [4.78, 5) is 4.14. The Labute approximate surface area is 89.8 Å². The van der Waals surface area contributed by atoms with Gasteiger partial charge in [-0.3, -0.25) is 0 Å². The topological polar surface area (TPSA) is 12.9 Å². The molecule has 0 fully saturated rings. The molecular weight excluding hydrogens is 182 g/mol. The Morgan fingerprint density at radius 3 is 2.67 bits per heavy atom. The molecule has 0 bridgehead atoms. The van der Waals surface area contributed by atoms with Crippen LogP contribution in [0.4, 0.5) is 0 Å². The van der Waals surface area contributed by atoms with Crippen molar-refractivity contribution in [2.75, 3.05) is 0 Å². The summed E-state index contributed by atoms with van der Waals surface area (Å²) < 4.78 is 0. The van der Waals surface area contributed by atoms with E-state index in [1.54, 1.807) is 6.20 Å². The second-order valence-corrected chi connectivity index (χ2v) is 3.33. The van der Waals surface area contributed by atoms with Crippen molar-refractivity contribution < 1.29 is 0 Å². The first-order chi connectivity index (χ1) is 7.34. The lowest BCUT2D eigenvalue weighted by atomic mass is 10.1. The first kappa shape index (κ1) is 9.48. The van der Waals surface area contributed by atoms with E-state index in [4.69, 9.17) is 0 Å². The molecule has 0 N–H and O–H groups in total. The molecule has 1 heterocycles. The summed E-state index contributed by atoms with van der Waals surface area (Å²) in [7, 11) is 0. The zero-order valence-electron chi connectivity index (χ0n) is 8.57. The van der Waals surface area contributed by atoms with Crippen LogP contribution >= 0.6 is 0 Å². The average molecular weight is 193 g/mol. The summed E-state index contributed by atoms with van der Waals surface area (Å²) in [6, 6.07) is 13.9. The van der Waals surface area contributed by atoms with Gasteiger partial charge in [-0.2, -0.15) is 0 Å². The second kappa shape index (κ2) is 4.43. The van der Waals surface area contributed by atoms with Crippen molar-refractivity contribution in [2.45, 2.75) is 6.92 Å². The fourth-order valence-corrected chi connectivity index (χ4v) is 1.30. The molecule has 72 valence electrons. The molecule has 0 radical (unpaired) electrons. The molecule has 1 aromatic carbocycles. The van der Waals surface area contributed by atoms with Crippen LogP contribution in [0, 0.1) is 18.8 Å². The third-order valence-electron chi connectivity index (χ3n) is 2.02. The Bertz CT molecular complexity index is 504. The molecule has 1 nitrogen and oxygen atoms in total. The Morgan fingerprint density at radius 1 is 1.00 bits per heavy atom. The molecule has 1 heteroatoms. The zero-order chi connectivity index (χ0) is 10.5. The number of aromatic nitrogens is 1. The third kappa shape index (κ3) is 2.69. The van der Waals surface area contributed by atoms with Gasteiger partial charge in [0.15, 0.2) is 0 Å². The highest BCUT2D eigenvalue weighted by atomic mass is 14.6. The van der Waals surface area contributed by atoms with Crippen molar-refractivity contribution >= 4 is 0 Å². The lowest BCUT2D eigenvalue weighted by Crippen LogP contribution is -1.80. The molecule has 0 saturated heterocycles. The van der Waals surface area contributed by atoms with Crippen LogP contribution in [0.3, 0.4) is 0 Å². The number of hydrogen-bond acceptors (Lipinski definition) is 1. The van der Waals surface area contributed by atoms with E-state index >= 15 is 0 Å². The molecule has 0 aliphatic rings. The normalized spacial score (nSPS) is 9.13. The maximum absolute atomic E-state index is 4.14. The van der Waals surface area contributed by atoms with E-state index in [-0.39, 0.29) is 0 Å².